The molecule has 2 amide bonds. The van der Waals surface area contributed by atoms with Crippen LogP contribution in [-0.4, -0.2) is 21.6 Å². The number of hydrogen-bond acceptors (Lipinski definition) is 4. The Morgan fingerprint density at radius 2 is 2.12 bits per heavy atom. The van der Waals surface area contributed by atoms with Gasteiger partial charge >= 0.3 is 0 Å². The predicted molar refractivity (Wildman–Crippen MR) is 96.5 cm³/mol. The third-order valence-electron chi connectivity index (χ3n) is 4.03. The molecule has 1 aromatic heterocycles. The van der Waals surface area contributed by atoms with Gasteiger partial charge in [-0.25, -0.2) is 0 Å². The van der Waals surface area contributed by atoms with Crippen molar-refractivity contribution in [3.05, 3.63) is 66.0 Å². The number of nitrogens with one attached hydrogen (secondary N) is 2. The SMILES string of the molecule is Cn1cc(Oc2ccccc2C(=O)Nc2ccc3c(c2)CC(=O)N3)cn1. The van der Waals surface area contributed by atoms with Gasteiger partial charge in [0.05, 0.1) is 24.4 Å². The van der Waals surface area contributed by atoms with Crippen LogP contribution < -0.4 is 15.4 Å². The Kier molecular flexibility index (Phi) is 3.89. The van der Waals surface area contributed by atoms with Gasteiger partial charge in [-0.1, -0.05) is 12.1 Å². The lowest BCUT2D eigenvalue weighted by Crippen LogP contribution is -2.13. The maximum atomic E-state index is 12.7. The first-order valence-corrected chi connectivity index (χ1v) is 8.08. The number of nitrogens with zero attached hydrogens (tertiary/aromatic N) is 2. The molecule has 1 aliphatic rings. The maximum absolute atomic E-state index is 12.7. The first-order valence-electron chi connectivity index (χ1n) is 8.08. The number of anilines is 2. The van der Waals surface area contributed by atoms with Gasteiger partial charge in [-0.3, -0.25) is 14.3 Å². The monoisotopic (exact) mass is 348 g/mol. The molecule has 0 atom stereocenters. The highest BCUT2D eigenvalue weighted by atomic mass is 16.5. The Morgan fingerprint density at radius 3 is 2.92 bits per heavy atom. The largest absolute Gasteiger partial charge is 0.453 e. The summed E-state index contributed by atoms with van der Waals surface area (Å²) in [6.45, 7) is 0. The summed E-state index contributed by atoms with van der Waals surface area (Å²) in [5.74, 6) is 0.659. The molecule has 2 N–H and O–H groups in total. The topological polar surface area (TPSA) is 85.2 Å². The molecule has 7 nitrogen and oxygen atoms in total. The van der Waals surface area contributed by atoms with Gasteiger partial charge in [-0.2, -0.15) is 5.10 Å². The molecule has 2 heterocycles. The van der Waals surface area contributed by atoms with Gasteiger partial charge in [0.1, 0.15) is 5.75 Å². The van der Waals surface area contributed by atoms with E-state index in [1.807, 2.05) is 0 Å². The van der Waals surface area contributed by atoms with Gasteiger partial charge in [-0.15, -0.1) is 0 Å². The standard InChI is InChI=1S/C19H16N4O3/c1-23-11-14(10-20-23)26-17-5-3-2-4-15(17)19(25)21-13-6-7-16-12(8-13)9-18(24)22-16/h2-8,10-11H,9H2,1H3,(H,21,25)(H,22,24). The first-order chi connectivity index (χ1) is 12.6. The van der Waals surface area contributed by atoms with Crippen LogP contribution in [0.5, 0.6) is 11.5 Å². The van der Waals surface area contributed by atoms with Crippen molar-refractivity contribution >= 4 is 23.2 Å². The number of fused-ring (bicyclic) bond motifs is 1. The van der Waals surface area contributed by atoms with E-state index >= 15 is 0 Å². The molecule has 0 spiro atoms. The molecule has 7 heteroatoms. The second-order valence-corrected chi connectivity index (χ2v) is 6.00. The highest BCUT2D eigenvalue weighted by molar-refractivity contribution is 6.07. The van der Waals surface area contributed by atoms with Crippen LogP contribution in [0.2, 0.25) is 0 Å². The Labute approximate surface area is 149 Å². The van der Waals surface area contributed by atoms with E-state index in [-0.39, 0.29) is 11.8 Å². The summed E-state index contributed by atoms with van der Waals surface area (Å²) >= 11 is 0. The minimum atomic E-state index is -0.290. The van der Waals surface area contributed by atoms with Crippen molar-refractivity contribution in [1.29, 1.82) is 0 Å². The van der Waals surface area contributed by atoms with E-state index in [1.54, 1.807) is 66.6 Å². The number of amides is 2. The molecule has 0 saturated carbocycles. The maximum Gasteiger partial charge on any atom is 0.259 e. The zero-order valence-electron chi connectivity index (χ0n) is 14.0. The zero-order chi connectivity index (χ0) is 18.1. The second kappa shape index (κ2) is 6.36. The van der Waals surface area contributed by atoms with Crippen molar-refractivity contribution in [2.24, 2.45) is 7.05 Å². The normalized spacial score (nSPS) is 12.4. The molecule has 26 heavy (non-hydrogen) atoms. The van der Waals surface area contributed by atoms with Crippen LogP contribution >= 0.6 is 0 Å². The molecule has 2 aromatic carbocycles. The molecule has 0 radical (unpaired) electrons. The average molecular weight is 348 g/mol. The number of rotatable bonds is 4. The summed E-state index contributed by atoms with van der Waals surface area (Å²) in [7, 11) is 1.79. The number of carbonyl (C=O) groups is 2. The van der Waals surface area contributed by atoms with Crippen LogP contribution in [0.4, 0.5) is 11.4 Å². The quantitative estimate of drug-likeness (QED) is 0.759. The lowest BCUT2D eigenvalue weighted by atomic mass is 10.1. The van der Waals surface area contributed by atoms with E-state index < -0.39 is 0 Å². The molecule has 0 fully saturated rings. The van der Waals surface area contributed by atoms with Gasteiger partial charge < -0.3 is 15.4 Å². The molecule has 0 unspecified atom stereocenters. The van der Waals surface area contributed by atoms with Gasteiger partial charge in [-0.05, 0) is 35.9 Å². The van der Waals surface area contributed by atoms with Crippen LogP contribution in [0.1, 0.15) is 15.9 Å². The van der Waals surface area contributed by atoms with Crippen LogP contribution in [0, 0.1) is 0 Å². The molecular weight excluding hydrogens is 332 g/mol. The minimum absolute atomic E-state index is 0.0429. The number of aromatic nitrogens is 2. The minimum Gasteiger partial charge on any atom is -0.453 e. The highest BCUT2D eigenvalue weighted by Gasteiger charge is 2.19. The van der Waals surface area contributed by atoms with E-state index in [0.29, 0.717) is 29.2 Å². The molecule has 0 aliphatic carbocycles. The van der Waals surface area contributed by atoms with E-state index in [1.165, 1.54) is 0 Å². The van der Waals surface area contributed by atoms with E-state index in [2.05, 4.69) is 15.7 Å². The predicted octanol–water partition coefficient (Wildman–Crippen LogP) is 2.96. The number of aryl methyl sites for hydroxylation is 1. The van der Waals surface area contributed by atoms with E-state index in [4.69, 9.17) is 4.74 Å². The van der Waals surface area contributed by atoms with Crippen LogP contribution in [0.25, 0.3) is 0 Å². The zero-order valence-corrected chi connectivity index (χ0v) is 14.0. The Hall–Kier alpha value is -3.61. The summed E-state index contributed by atoms with van der Waals surface area (Å²) in [5, 5.41) is 9.68. The van der Waals surface area contributed by atoms with E-state index in [0.717, 1.165) is 11.3 Å². The third-order valence-corrected chi connectivity index (χ3v) is 4.03. The lowest BCUT2D eigenvalue weighted by Gasteiger charge is -2.11. The molecule has 130 valence electrons. The van der Waals surface area contributed by atoms with Gasteiger partial charge in [0.2, 0.25) is 5.91 Å². The fourth-order valence-electron chi connectivity index (χ4n) is 2.83. The van der Waals surface area contributed by atoms with Gasteiger partial charge in [0, 0.05) is 18.4 Å². The molecule has 1 aliphatic heterocycles. The number of benzene rings is 2. The van der Waals surface area contributed by atoms with E-state index in [9.17, 15) is 9.59 Å². The molecule has 4 rings (SSSR count). The smallest absolute Gasteiger partial charge is 0.259 e. The summed E-state index contributed by atoms with van der Waals surface area (Å²) in [5.41, 5.74) is 2.69. The van der Waals surface area contributed by atoms with Crippen molar-refractivity contribution in [3.8, 4) is 11.5 Å². The van der Waals surface area contributed by atoms with Crippen molar-refractivity contribution in [2.75, 3.05) is 10.6 Å². The fourth-order valence-corrected chi connectivity index (χ4v) is 2.83. The summed E-state index contributed by atoms with van der Waals surface area (Å²) in [6, 6.07) is 12.3. The number of ether oxygens (including phenoxy) is 1. The Balaban J connectivity index is 1.55. The number of carbonyl (C=O) groups excluding carboxylic acids is 2. The fraction of sp³-hybridized carbons (Fsp3) is 0.105. The molecule has 3 aromatic rings. The third kappa shape index (κ3) is 3.14. The van der Waals surface area contributed by atoms with Crippen molar-refractivity contribution < 1.29 is 14.3 Å². The highest BCUT2D eigenvalue weighted by Crippen LogP contribution is 2.28. The Bertz CT molecular complexity index is 1010. The number of hydrogen-bond donors (Lipinski definition) is 2. The molecular formula is C19H16N4O3. The van der Waals surface area contributed by atoms with Crippen molar-refractivity contribution in [1.82, 2.24) is 9.78 Å². The molecule has 0 bridgehead atoms. The second-order valence-electron chi connectivity index (χ2n) is 6.00. The summed E-state index contributed by atoms with van der Waals surface area (Å²) in [4.78, 5) is 24.2. The average Bonchev–Trinajstić information content (AvgIpc) is 3.19. The van der Waals surface area contributed by atoms with Crippen molar-refractivity contribution in [2.45, 2.75) is 6.42 Å². The first kappa shape index (κ1) is 15.9. The van der Waals surface area contributed by atoms with Crippen LogP contribution in [0.3, 0.4) is 0 Å². The van der Waals surface area contributed by atoms with Crippen LogP contribution in [0.15, 0.2) is 54.9 Å². The Morgan fingerprint density at radius 1 is 1.27 bits per heavy atom. The van der Waals surface area contributed by atoms with Crippen LogP contribution in [-0.2, 0) is 18.3 Å². The van der Waals surface area contributed by atoms with Gasteiger partial charge in [0.25, 0.3) is 5.91 Å². The van der Waals surface area contributed by atoms with Gasteiger partial charge in [0.15, 0.2) is 5.75 Å². The number of para-hydroxylation sites is 1. The van der Waals surface area contributed by atoms with Crippen molar-refractivity contribution in [3.63, 3.8) is 0 Å². The molecule has 0 saturated heterocycles. The summed E-state index contributed by atoms with van der Waals surface area (Å²) in [6.07, 6.45) is 3.62. The lowest BCUT2D eigenvalue weighted by molar-refractivity contribution is -0.115. The summed E-state index contributed by atoms with van der Waals surface area (Å²) < 4.78 is 7.40.